The average molecular weight is 296 g/mol. The fourth-order valence-electron chi connectivity index (χ4n) is 3.62. The fourth-order valence-corrected chi connectivity index (χ4v) is 4.34. The topological polar surface area (TPSA) is 47.3 Å². The second kappa shape index (κ2) is 7.55. The number of ether oxygens (including phenoxy) is 1. The molecule has 1 aliphatic rings. The van der Waals surface area contributed by atoms with E-state index >= 15 is 0 Å². The van der Waals surface area contributed by atoms with Crippen molar-refractivity contribution in [1.82, 2.24) is 5.43 Å². The smallest absolute Gasteiger partial charge is 0.0850 e. The van der Waals surface area contributed by atoms with Crippen LogP contribution in [0.1, 0.15) is 50.8 Å². The Morgan fingerprint density at radius 2 is 2.45 bits per heavy atom. The highest BCUT2D eigenvalue weighted by Crippen LogP contribution is 2.39. The number of nitrogens with one attached hydrogen (secondary N) is 1. The lowest BCUT2D eigenvalue weighted by Gasteiger charge is -2.45. The molecule has 2 rings (SSSR count). The van der Waals surface area contributed by atoms with Gasteiger partial charge < -0.3 is 4.74 Å². The summed E-state index contributed by atoms with van der Waals surface area (Å²) >= 11 is 1.83. The van der Waals surface area contributed by atoms with Crippen molar-refractivity contribution in [3.63, 3.8) is 0 Å². The minimum atomic E-state index is -0.0710. The molecule has 3 N–H and O–H groups in total. The van der Waals surface area contributed by atoms with Crippen molar-refractivity contribution in [2.75, 3.05) is 6.61 Å². The zero-order valence-corrected chi connectivity index (χ0v) is 13.5. The lowest BCUT2D eigenvalue weighted by Crippen LogP contribution is -2.57. The number of nitrogens with two attached hydrogens (primary N) is 1. The molecule has 1 aromatic heterocycles. The molecule has 3 unspecified atom stereocenters. The van der Waals surface area contributed by atoms with Crippen LogP contribution in [0.2, 0.25) is 0 Å². The second-order valence-corrected chi connectivity index (χ2v) is 7.07. The molecule has 3 nitrogen and oxygen atoms in total. The number of hydrazine groups is 1. The summed E-state index contributed by atoms with van der Waals surface area (Å²) in [5.41, 5.74) is 2.99. The third kappa shape index (κ3) is 3.82. The van der Waals surface area contributed by atoms with Crippen LogP contribution in [-0.4, -0.2) is 18.2 Å². The number of rotatable bonds is 7. The van der Waals surface area contributed by atoms with Gasteiger partial charge in [0, 0.05) is 11.5 Å². The van der Waals surface area contributed by atoms with Gasteiger partial charge in [-0.15, -0.1) is 11.3 Å². The van der Waals surface area contributed by atoms with Crippen LogP contribution < -0.4 is 11.3 Å². The summed E-state index contributed by atoms with van der Waals surface area (Å²) in [7, 11) is 0. The maximum Gasteiger partial charge on any atom is 0.0850 e. The van der Waals surface area contributed by atoms with Crippen molar-refractivity contribution < 1.29 is 4.74 Å². The molecule has 0 spiro atoms. The average Bonchev–Trinajstić information content (AvgIpc) is 2.93. The minimum absolute atomic E-state index is 0.0710. The van der Waals surface area contributed by atoms with E-state index in [9.17, 15) is 0 Å². The second-order valence-electron chi connectivity index (χ2n) is 6.04. The molecule has 0 bridgehead atoms. The molecule has 0 saturated heterocycles. The largest absolute Gasteiger partial charge is 0.374 e. The van der Waals surface area contributed by atoms with E-state index in [1.807, 2.05) is 11.3 Å². The third-order valence-corrected chi connectivity index (χ3v) is 5.45. The molecule has 0 radical (unpaired) electrons. The molecular weight excluding hydrogens is 268 g/mol. The van der Waals surface area contributed by atoms with E-state index < -0.39 is 0 Å². The SMILES string of the molecule is CCOC1(C(CCc2cccs2)NN)CCCC(C)C1. The van der Waals surface area contributed by atoms with Crippen LogP contribution in [0.4, 0.5) is 0 Å². The van der Waals surface area contributed by atoms with Gasteiger partial charge >= 0.3 is 0 Å². The van der Waals surface area contributed by atoms with E-state index in [2.05, 4.69) is 36.8 Å². The standard InChI is InChI=1S/C16H28N2OS/c1-3-19-16(10-4-6-13(2)12-16)15(18-17)9-8-14-7-5-11-20-14/h5,7,11,13,15,18H,3-4,6,8-10,12,17H2,1-2H3. The van der Waals surface area contributed by atoms with Gasteiger partial charge in [0.05, 0.1) is 11.6 Å². The molecule has 1 aromatic rings. The highest BCUT2D eigenvalue weighted by Gasteiger charge is 2.42. The maximum atomic E-state index is 6.22. The Bertz CT molecular complexity index is 378. The van der Waals surface area contributed by atoms with Crippen molar-refractivity contribution in [3.05, 3.63) is 22.4 Å². The van der Waals surface area contributed by atoms with E-state index in [0.717, 1.165) is 38.2 Å². The molecule has 4 heteroatoms. The van der Waals surface area contributed by atoms with Gasteiger partial charge in [-0.05, 0) is 50.0 Å². The quantitative estimate of drug-likeness (QED) is 0.598. The highest BCUT2D eigenvalue weighted by atomic mass is 32.1. The molecule has 0 amide bonds. The predicted octanol–water partition coefficient (Wildman–Crippen LogP) is 3.50. The van der Waals surface area contributed by atoms with Crippen LogP contribution in [0.25, 0.3) is 0 Å². The van der Waals surface area contributed by atoms with Crippen LogP contribution in [0, 0.1) is 5.92 Å². The Morgan fingerprint density at radius 3 is 3.05 bits per heavy atom. The van der Waals surface area contributed by atoms with Crippen molar-refractivity contribution >= 4 is 11.3 Å². The first kappa shape index (κ1) is 16.0. The van der Waals surface area contributed by atoms with Crippen molar-refractivity contribution in [2.45, 2.75) is 64.0 Å². The first-order valence-electron chi connectivity index (χ1n) is 7.82. The van der Waals surface area contributed by atoms with Crippen LogP contribution >= 0.6 is 11.3 Å². The lowest BCUT2D eigenvalue weighted by molar-refractivity contribution is -0.102. The van der Waals surface area contributed by atoms with Gasteiger partial charge in [0.15, 0.2) is 0 Å². The summed E-state index contributed by atoms with van der Waals surface area (Å²) in [4.78, 5) is 1.43. The zero-order valence-electron chi connectivity index (χ0n) is 12.7. The van der Waals surface area contributed by atoms with Crippen LogP contribution in [0.5, 0.6) is 0 Å². The van der Waals surface area contributed by atoms with E-state index in [0.29, 0.717) is 0 Å². The normalized spacial score (nSPS) is 28.4. The van der Waals surface area contributed by atoms with E-state index in [-0.39, 0.29) is 11.6 Å². The fraction of sp³-hybridized carbons (Fsp3) is 0.750. The summed E-state index contributed by atoms with van der Waals surface area (Å²) in [5.74, 6) is 6.61. The molecule has 0 aromatic carbocycles. The summed E-state index contributed by atoms with van der Waals surface area (Å²) in [6.45, 7) is 5.19. The van der Waals surface area contributed by atoms with Gasteiger partial charge in [-0.25, -0.2) is 0 Å². The monoisotopic (exact) mass is 296 g/mol. The summed E-state index contributed by atoms with van der Waals surface area (Å²) in [5, 5.41) is 2.14. The van der Waals surface area contributed by atoms with Gasteiger partial charge in [-0.3, -0.25) is 11.3 Å². The summed E-state index contributed by atoms with van der Waals surface area (Å²) in [6, 6.07) is 4.56. The third-order valence-electron chi connectivity index (χ3n) is 4.52. The molecule has 3 atom stereocenters. The molecule has 1 saturated carbocycles. The first-order valence-corrected chi connectivity index (χ1v) is 8.70. The van der Waals surface area contributed by atoms with Crippen LogP contribution in [0.3, 0.4) is 0 Å². The molecular formula is C16H28N2OS. The molecule has 1 fully saturated rings. The van der Waals surface area contributed by atoms with Crippen LogP contribution in [0.15, 0.2) is 17.5 Å². The predicted molar refractivity (Wildman–Crippen MR) is 85.7 cm³/mol. The Balaban J connectivity index is 2.04. The van der Waals surface area contributed by atoms with E-state index in [1.165, 1.54) is 17.7 Å². The van der Waals surface area contributed by atoms with Gasteiger partial charge in [0.1, 0.15) is 0 Å². The Hall–Kier alpha value is -0.420. The zero-order chi connectivity index (χ0) is 14.4. The summed E-state index contributed by atoms with van der Waals surface area (Å²) < 4.78 is 6.22. The first-order chi connectivity index (χ1) is 9.70. The number of hydrogen-bond acceptors (Lipinski definition) is 4. The highest BCUT2D eigenvalue weighted by molar-refractivity contribution is 7.09. The lowest BCUT2D eigenvalue weighted by atomic mass is 9.73. The Labute approximate surface area is 126 Å². The Kier molecular flexibility index (Phi) is 6.02. The van der Waals surface area contributed by atoms with Crippen molar-refractivity contribution in [1.29, 1.82) is 0 Å². The maximum absolute atomic E-state index is 6.22. The minimum Gasteiger partial charge on any atom is -0.374 e. The van der Waals surface area contributed by atoms with Gasteiger partial charge in [-0.2, -0.15) is 0 Å². The summed E-state index contributed by atoms with van der Waals surface area (Å²) in [6.07, 6.45) is 6.94. The Morgan fingerprint density at radius 1 is 1.60 bits per heavy atom. The van der Waals surface area contributed by atoms with Crippen molar-refractivity contribution in [3.8, 4) is 0 Å². The molecule has 0 aliphatic heterocycles. The van der Waals surface area contributed by atoms with E-state index in [4.69, 9.17) is 10.6 Å². The van der Waals surface area contributed by atoms with Gasteiger partial charge in [0.25, 0.3) is 0 Å². The number of aryl methyl sites for hydroxylation is 1. The van der Waals surface area contributed by atoms with Crippen molar-refractivity contribution in [2.24, 2.45) is 11.8 Å². The van der Waals surface area contributed by atoms with E-state index in [1.54, 1.807) is 0 Å². The number of hydrogen-bond donors (Lipinski definition) is 2. The molecule has 114 valence electrons. The van der Waals surface area contributed by atoms with Crippen LogP contribution in [-0.2, 0) is 11.2 Å². The van der Waals surface area contributed by atoms with Gasteiger partial charge in [-0.1, -0.05) is 25.8 Å². The molecule has 1 heterocycles. The molecule has 20 heavy (non-hydrogen) atoms. The van der Waals surface area contributed by atoms with Gasteiger partial charge in [0.2, 0.25) is 0 Å². The number of thiophene rings is 1. The molecule has 1 aliphatic carbocycles.